The number of fused-ring (bicyclic) bond motifs is 1. The van der Waals surface area contributed by atoms with Crippen LogP contribution in [0, 0.1) is 11.3 Å². The van der Waals surface area contributed by atoms with Crippen LogP contribution in [0.1, 0.15) is 15.9 Å². The van der Waals surface area contributed by atoms with Crippen molar-refractivity contribution >= 4 is 17.2 Å². The zero-order valence-corrected chi connectivity index (χ0v) is 12.9. The lowest BCUT2D eigenvalue weighted by atomic mass is 10.1. The summed E-state index contributed by atoms with van der Waals surface area (Å²) in [5, 5.41) is 12.4. The van der Waals surface area contributed by atoms with Crippen LogP contribution in [-0.2, 0) is 4.74 Å². The Morgan fingerprint density at radius 1 is 1.25 bits per heavy atom. The van der Waals surface area contributed by atoms with Crippen LogP contribution in [0.3, 0.4) is 0 Å². The molecule has 0 amide bonds. The van der Waals surface area contributed by atoms with Gasteiger partial charge in [0.25, 0.3) is 0 Å². The van der Waals surface area contributed by atoms with Crippen LogP contribution in [0.4, 0.5) is 5.69 Å². The van der Waals surface area contributed by atoms with Crippen molar-refractivity contribution < 1.29 is 19.0 Å². The third-order valence-corrected chi connectivity index (χ3v) is 3.51. The highest BCUT2D eigenvalue weighted by Crippen LogP contribution is 2.34. The summed E-state index contributed by atoms with van der Waals surface area (Å²) in [6.45, 7) is 0.176. The molecular formula is C18H14N2O4. The number of rotatable bonds is 4. The number of anilines is 1. The van der Waals surface area contributed by atoms with Gasteiger partial charge < -0.3 is 19.5 Å². The number of hydrogen-bond acceptors (Lipinski definition) is 6. The quantitative estimate of drug-likeness (QED) is 0.688. The average molecular weight is 322 g/mol. The summed E-state index contributed by atoms with van der Waals surface area (Å²) in [7, 11) is 1.32. The summed E-state index contributed by atoms with van der Waals surface area (Å²) in [5.41, 5.74) is 2.02. The fourth-order valence-corrected chi connectivity index (χ4v) is 2.29. The Morgan fingerprint density at radius 2 is 2.04 bits per heavy atom. The van der Waals surface area contributed by atoms with Gasteiger partial charge in [-0.1, -0.05) is 12.1 Å². The fourth-order valence-electron chi connectivity index (χ4n) is 2.29. The third-order valence-electron chi connectivity index (χ3n) is 3.51. The molecule has 2 aromatic rings. The van der Waals surface area contributed by atoms with E-state index in [1.807, 2.05) is 0 Å². The minimum atomic E-state index is -0.451. The van der Waals surface area contributed by atoms with Gasteiger partial charge in [-0.05, 0) is 35.9 Å². The van der Waals surface area contributed by atoms with Gasteiger partial charge in [0.2, 0.25) is 6.79 Å². The molecule has 6 heteroatoms. The number of ether oxygens (including phenoxy) is 3. The normalized spacial score (nSPS) is 12.4. The summed E-state index contributed by atoms with van der Waals surface area (Å²) in [4.78, 5) is 11.8. The van der Waals surface area contributed by atoms with E-state index < -0.39 is 5.97 Å². The number of esters is 1. The van der Waals surface area contributed by atoms with Crippen LogP contribution in [-0.4, -0.2) is 19.9 Å². The van der Waals surface area contributed by atoms with Gasteiger partial charge in [0.05, 0.1) is 23.9 Å². The predicted octanol–water partition coefficient (Wildman–Crippen LogP) is 3.18. The standard InChI is InChI=1S/C18H14N2O4/c1-22-18(21)14-4-2-3-5-15(14)20-10-13(9-19)12-6-7-16-17(8-12)24-11-23-16/h2-8,10,20H,11H2,1H3. The van der Waals surface area contributed by atoms with Crippen molar-refractivity contribution in [1.82, 2.24) is 0 Å². The Labute approximate surface area is 138 Å². The minimum Gasteiger partial charge on any atom is -0.465 e. The van der Waals surface area contributed by atoms with E-state index in [1.165, 1.54) is 7.11 Å². The second-order valence-electron chi connectivity index (χ2n) is 4.92. The monoisotopic (exact) mass is 322 g/mol. The van der Waals surface area contributed by atoms with Gasteiger partial charge in [-0.15, -0.1) is 0 Å². The van der Waals surface area contributed by atoms with Gasteiger partial charge >= 0.3 is 5.97 Å². The van der Waals surface area contributed by atoms with Gasteiger partial charge in [-0.2, -0.15) is 5.26 Å². The topological polar surface area (TPSA) is 80.6 Å². The molecule has 0 spiro atoms. The van der Waals surface area contributed by atoms with E-state index in [0.29, 0.717) is 33.9 Å². The third kappa shape index (κ3) is 3.01. The Kier molecular flexibility index (Phi) is 4.34. The summed E-state index contributed by atoms with van der Waals surface area (Å²) >= 11 is 0. The highest BCUT2D eigenvalue weighted by molar-refractivity contribution is 5.96. The number of methoxy groups -OCH3 is 1. The van der Waals surface area contributed by atoms with Crippen LogP contribution < -0.4 is 14.8 Å². The van der Waals surface area contributed by atoms with Crippen LogP contribution in [0.2, 0.25) is 0 Å². The average Bonchev–Trinajstić information content (AvgIpc) is 3.10. The number of carbonyl (C=O) groups is 1. The number of hydrogen-bond donors (Lipinski definition) is 1. The largest absolute Gasteiger partial charge is 0.465 e. The molecule has 3 rings (SSSR count). The number of nitriles is 1. The van der Waals surface area contributed by atoms with E-state index in [1.54, 1.807) is 48.7 Å². The van der Waals surface area contributed by atoms with E-state index in [4.69, 9.17) is 14.2 Å². The van der Waals surface area contributed by atoms with Gasteiger partial charge in [0.15, 0.2) is 11.5 Å². The fraction of sp³-hybridized carbons (Fsp3) is 0.111. The molecule has 1 aliphatic rings. The maximum absolute atomic E-state index is 11.8. The first kappa shape index (κ1) is 15.4. The van der Waals surface area contributed by atoms with Gasteiger partial charge in [-0.3, -0.25) is 0 Å². The summed E-state index contributed by atoms with van der Waals surface area (Å²) in [5.74, 6) is 0.803. The molecule has 0 atom stereocenters. The number of benzene rings is 2. The van der Waals surface area contributed by atoms with Gasteiger partial charge in [-0.25, -0.2) is 4.79 Å². The van der Waals surface area contributed by atoms with Crippen molar-refractivity contribution in [3.05, 3.63) is 59.8 Å². The summed E-state index contributed by atoms with van der Waals surface area (Å²) in [6.07, 6.45) is 1.54. The predicted molar refractivity (Wildman–Crippen MR) is 87.6 cm³/mol. The lowest BCUT2D eigenvalue weighted by Gasteiger charge is -2.08. The molecular weight excluding hydrogens is 308 g/mol. The molecule has 0 bridgehead atoms. The summed E-state index contributed by atoms with van der Waals surface area (Å²) in [6, 6.07) is 14.3. The highest BCUT2D eigenvalue weighted by atomic mass is 16.7. The van der Waals surface area contributed by atoms with Crippen LogP contribution in [0.15, 0.2) is 48.7 Å². The first-order valence-electron chi connectivity index (χ1n) is 7.17. The molecule has 24 heavy (non-hydrogen) atoms. The van der Waals surface area contributed by atoms with Gasteiger partial charge in [0.1, 0.15) is 6.07 Å². The maximum atomic E-state index is 11.8. The number of nitrogens with zero attached hydrogens (tertiary/aromatic N) is 1. The zero-order chi connectivity index (χ0) is 16.9. The number of carbonyl (C=O) groups excluding carboxylic acids is 1. The molecule has 0 aromatic heterocycles. The van der Waals surface area contributed by atoms with Gasteiger partial charge in [0, 0.05) is 6.20 Å². The van der Waals surface area contributed by atoms with E-state index in [0.717, 1.165) is 0 Å². The van der Waals surface area contributed by atoms with Crippen LogP contribution in [0.25, 0.3) is 5.57 Å². The molecule has 6 nitrogen and oxygen atoms in total. The Balaban J connectivity index is 1.88. The second kappa shape index (κ2) is 6.75. The SMILES string of the molecule is COC(=O)c1ccccc1NC=C(C#N)c1ccc2c(c1)OCO2. The van der Waals surface area contributed by atoms with Crippen molar-refractivity contribution in [2.24, 2.45) is 0 Å². The minimum absolute atomic E-state index is 0.176. The number of allylic oxidation sites excluding steroid dienone is 1. The van der Waals surface area contributed by atoms with E-state index in [-0.39, 0.29) is 6.79 Å². The molecule has 2 aromatic carbocycles. The van der Waals surface area contributed by atoms with Crippen molar-refractivity contribution in [1.29, 1.82) is 5.26 Å². The summed E-state index contributed by atoms with van der Waals surface area (Å²) < 4.78 is 15.3. The smallest absolute Gasteiger partial charge is 0.339 e. The lowest BCUT2D eigenvalue weighted by molar-refractivity contribution is 0.0602. The van der Waals surface area contributed by atoms with Crippen molar-refractivity contribution in [3.8, 4) is 17.6 Å². The molecule has 0 fully saturated rings. The molecule has 1 heterocycles. The van der Waals surface area contributed by atoms with Crippen molar-refractivity contribution in [3.63, 3.8) is 0 Å². The van der Waals surface area contributed by atoms with Crippen molar-refractivity contribution in [2.45, 2.75) is 0 Å². The Morgan fingerprint density at radius 3 is 2.83 bits per heavy atom. The molecule has 0 radical (unpaired) electrons. The highest BCUT2D eigenvalue weighted by Gasteiger charge is 2.15. The van der Waals surface area contributed by atoms with Crippen LogP contribution in [0.5, 0.6) is 11.5 Å². The van der Waals surface area contributed by atoms with E-state index >= 15 is 0 Å². The first-order valence-corrected chi connectivity index (χ1v) is 7.17. The first-order chi connectivity index (χ1) is 11.7. The molecule has 0 unspecified atom stereocenters. The second-order valence-corrected chi connectivity index (χ2v) is 4.92. The van der Waals surface area contributed by atoms with Crippen LogP contribution >= 0.6 is 0 Å². The van der Waals surface area contributed by atoms with E-state index in [9.17, 15) is 10.1 Å². The molecule has 0 saturated carbocycles. The maximum Gasteiger partial charge on any atom is 0.339 e. The molecule has 1 aliphatic heterocycles. The molecule has 120 valence electrons. The van der Waals surface area contributed by atoms with E-state index in [2.05, 4.69) is 11.4 Å². The number of para-hydroxylation sites is 1. The Bertz CT molecular complexity index is 852. The lowest BCUT2D eigenvalue weighted by Crippen LogP contribution is -2.05. The van der Waals surface area contributed by atoms with Crippen molar-refractivity contribution in [2.75, 3.05) is 19.2 Å². The number of nitrogens with one attached hydrogen (secondary N) is 1. The molecule has 0 aliphatic carbocycles. The zero-order valence-electron chi connectivity index (χ0n) is 12.9. The molecule has 0 saturated heterocycles. The Hall–Kier alpha value is -3.46. The molecule has 1 N–H and O–H groups in total.